The molecule has 0 saturated carbocycles. The molecule has 2 nitrogen and oxygen atoms in total. The molecule has 0 unspecified atom stereocenters. The summed E-state index contributed by atoms with van der Waals surface area (Å²) in [5.41, 5.74) is 1.51. The van der Waals surface area contributed by atoms with E-state index in [9.17, 15) is 9.18 Å². The van der Waals surface area contributed by atoms with Gasteiger partial charge in [-0.25, -0.2) is 4.39 Å². The molecular weight excluding hydrogens is 297 g/mol. The molecule has 0 bridgehead atoms. The third-order valence-electron chi connectivity index (χ3n) is 2.44. The molecule has 0 saturated heterocycles. The van der Waals surface area contributed by atoms with Gasteiger partial charge in [-0.15, -0.1) is 0 Å². The van der Waals surface area contributed by atoms with Crippen molar-refractivity contribution in [2.24, 2.45) is 0 Å². The number of amides is 1. The molecule has 0 aliphatic rings. The Labute approximate surface area is 113 Å². The van der Waals surface area contributed by atoms with Crippen molar-refractivity contribution in [2.45, 2.75) is 6.42 Å². The Balaban J connectivity index is 2.01. The second kappa shape index (κ2) is 5.78. The van der Waals surface area contributed by atoms with Crippen LogP contribution in [-0.4, -0.2) is 5.91 Å². The Morgan fingerprint density at radius 2 is 1.78 bits per heavy atom. The molecule has 0 spiro atoms. The van der Waals surface area contributed by atoms with Crippen molar-refractivity contribution in [2.75, 3.05) is 5.32 Å². The fourth-order valence-corrected chi connectivity index (χ4v) is 1.98. The van der Waals surface area contributed by atoms with E-state index in [0.717, 1.165) is 10.0 Å². The Kier molecular flexibility index (Phi) is 4.10. The monoisotopic (exact) mass is 307 g/mol. The third-order valence-corrected chi connectivity index (χ3v) is 3.21. The molecule has 0 radical (unpaired) electrons. The molecule has 0 aromatic heterocycles. The van der Waals surface area contributed by atoms with Gasteiger partial charge in [-0.1, -0.05) is 34.1 Å². The molecule has 2 aromatic carbocycles. The molecule has 92 valence electrons. The first-order valence-corrected chi connectivity index (χ1v) is 6.23. The lowest BCUT2D eigenvalue weighted by Crippen LogP contribution is -2.14. The molecular formula is C14H11BrFNO. The topological polar surface area (TPSA) is 29.1 Å². The second-order valence-corrected chi connectivity index (χ2v) is 4.68. The van der Waals surface area contributed by atoms with Gasteiger partial charge in [-0.2, -0.15) is 0 Å². The number of benzene rings is 2. The van der Waals surface area contributed by atoms with Gasteiger partial charge in [0, 0.05) is 10.2 Å². The molecule has 0 fully saturated rings. The average molecular weight is 308 g/mol. The fourth-order valence-electron chi connectivity index (χ4n) is 1.55. The number of carbonyl (C=O) groups is 1. The summed E-state index contributed by atoms with van der Waals surface area (Å²) >= 11 is 3.39. The maximum absolute atomic E-state index is 12.7. The van der Waals surface area contributed by atoms with Gasteiger partial charge >= 0.3 is 0 Å². The van der Waals surface area contributed by atoms with Crippen LogP contribution in [-0.2, 0) is 11.2 Å². The Morgan fingerprint density at radius 1 is 1.11 bits per heavy atom. The SMILES string of the molecule is O=C(Cc1ccccc1Br)Nc1ccc(F)cc1. The first-order chi connectivity index (χ1) is 8.65. The van der Waals surface area contributed by atoms with Crippen LogP contribution >= 0.6 is 15.9 Å². The molecule has 0 atom stereocenters. The van der Waals surface area contributed by atoms with Gasteiger partial charge < -0.3 is 5.32 Å². The first kappa shape index (κ1) is 12.8. The maximum atomic E-state index is 12.7. The Bertz CT molecular complexity index is 554. The van der Waals surface area contributed by atoms with E-state index < -0.39 is 0 Å². The average Bonchev–Trinajstić information content (AvgIpc) is 2.35. The van der Waals surface area contributed by atoms with Crippen molar-refractivity contribution >= 4 is 27.5 Å². The largest absolute Gasteiger partial charge is 0.326 e. The highest BCUT2D eigenvalue weighted by Gasteiger charge is 2.06. The van der Waals surface area contributed by atoms with Gasteiger partial charge in [0.2, 0.25) is 5.91 Å². The van der Waals surface area contributed by atoms with Gasteiger partial charge in [0.1, 0.15) is 5.82 Å². The van der Waals surface area contributed by atoms with E-state index in [1.54, 1.807) is 0 Å². The Morgan fingerprint density at radius 3 is 2.44 bits per heavy atom. The molecule has 2 aromatic rings. The van der Waals surface area contributed by atoms with Crippen LogP contribution in [0, 0.1) is 5.82 Å². The molecule has 1 amide bonds. The minimum atomic E-state index is -0.321. The predicted octanol–water partition coefficient (Wildman–Crippen LogP) is 3.77. The van der Waals surface area contributed by atoms with E-state index in [1.165, 1.54) is 24.3 Å². The van der Waals surface area contributed by atoms with Crippen molar-refractivity contribution < 1.29 is 9.18 Å². The lowest BCUT2D eigenvalue weighted by atomic mass is 10.1. The van der Waals surface area contributed by atoms with Crippen LogP contribution < -0.4 is 5.32 Å². The number of carbonyl (C=O) groups excluding carboxylic acids is 1. The zero-order valence-electron chi connectivity index (χ0n) is 9.49. The van der Waals surface area contributed by atoms with Crippen LogP contribution in [0.5, 0.6) is 0 Å². The quantitative estimate of drug-likeness (QED) is 0.919. The van der Waals surface area contributed by atoms with E-state index in [0.29, 0.717) is 5.69 Å². The highest BCUT2D eigenvalue weighted by molar-refractivity contribution is 9.10. The minimum absolute atomic E-state index is 0.131. The van der Waals surface area contributed by atoms with Crippen LogP contribution in [0.15, 0.2) is 53.0 Å². The van der Waals surface area contributed by atoms with Gasteiger partial charge in [0.05, 0.1) is 6.42 Å². The molecule has 4 heteroatoms. The fraction of sp³-hybridized carbons (Fsp3) is 0.0714. The van der Waals surface area contributed by atoms with Crippen LogP contribution in [0.1, 0.15) is 5.56 Å². The molecule has 18 heavy (non-hydrogen) atoms. The number of anilines is 1. The molecule has 0 heterocycles. The minimum Gasteiger partial charge on any atom is -0.326 e. The number of hydrogen-bond donors (Lipinski definition) is 1. The van der Waals surface area contributed by atoms with Gasteiger partial charge in [-0.05, 0) is 35.9 Å². The lowest BCUT2D eigenvalue weighted by Gasteiger charge is -2.06. The van der Waals surface area contributed by atoms with Crippen molar-refractivity contribution in [1.82, 2.24) is 0 Å². The van der Waals surface area contributed by atoms with Crippen LogP contribution in [0.2, 0.25) is 0 Å². The number of hydrogen-bond acceptors (Lipinski definition) is 1. The molecule has 0 aliphatic heterocycles. The van der Waals surface area contributed by atoms with E-state index in [1.807, 2.05) is 24.3 Å². The summed E-state index contributed by atoms with van der Waals surface area (Å²) in [6.45, 7) is 0. The van der Waals surface area contributed by atoms with E-state index >= 15 is 0 Å². The summed E-state index contributed by atoms with van der Waals surface area (Å²) in [5, 5.41) is 2.72. The summed E-state index contributed by atoms with van der Waals surface area (Å²) in [6.07, 6.45) is 0.277. The van der Waals surface area contributed by atoms with E-state index in [4.69, 9.17) is 0 Å². The smallest absolute Gasteiger partial charge is 0.228 e. The summed E-state index contributed by atoms with van der Waals surface area (Å²) in [7, 11) is 0. The van der Waals surface area contributed by atoms with E-state index in [-0.39, 0.29) is 18.1 Å². The highest BCUT2D eigenvalue weighted by atomic mass is 79.9. The zero-order chi connectivity index (χ0) is 13.0. The number of rotatable bonds is 3. The summed E-state index contributed by atoms with van der Waals surface area (Å²) < 4.78 is 13.6. The highest BCUT2D eigenvalue weighted by Crippen LogP contribution is 2.17. The van der Waals surface area contributed by atoms with Crippen molar-refractivity contribution in [3.8, 4) is 0 Å². The molecule has 0 aliphatic carbocycles. The van der Waals surface area contributed by atoms with Gasteiger partial charge in [0.25, 0.3) is 0 Å². The summed E-state index contributed by atoms with van der Waals surface area (Å²) in [6, 6.07) is 13.2. The molecule has 2 rings (SSSR count). The number of halogens is 2. The van der Waals surface area contributed by atoms with Crippen molar-refractivity contribution in [1.29, 1.82) is 0 Å². The lowest BCUT2D eigenvalue weighted by molar-refractivity contribution is -0.115. The third kappa shape index (κ3) is 3.40. The van der Waals surface area contributed by atoms with Crippen LogP contribution in [0.3, 0.4) is 0 Å². The van der Waals surface area contributed by atoms with Crippen molar-refractivity contribution in [3.05, 3.63) is 64.4 Å². The second-order valence-electron chi connectivity index (χ2n) is 3.82. The summed E-state index contributed by atoms with van der Waals surface area (Å²) in [5.74, 6) is -0.452. The van der Waals surface area contributed by atoms with E-state index in [2.05, 4.69) is 21.2 Å². The zero-order valence-corrected chi connectivity index (χ0v) is 11.1. The molecule has 1 N–H and O–H groups in total. The normalized spacial score (nSPS) is 10.1. The predicted molar refractivity (Wildman–Crippen MR) is 72.9 cm³/mol. The standard InChI is InChI=1S/C14H11BrFNO/c15-13-4-2-1-3-10(13)9-14(18)17-12-7-5-11(16)6-8-12/h1-8H,9H2,(H,17,18). The first-order valence-electron chi connectivity index (χ1n) is 5.44. The van der Waals surface area contributed by atoms with Gasteiger partial charge in [0.15, 0.2) is 0 Å². The van der Waals surface area contributed by atoms with Crippen molar-refractivity contribution in [3.63, 3.8) is 0 Å². The maximum Gasteiger partial charge on any atom is 0.228 e. The Hall–Kier alpha value is -1.68. The van der Waals surface area contributed by atoms with Crippen LogP contribution in [0.25, 0.3) is 0 Å². The van der Waals surface area contributed by atoms with Crippen LogP contribution in [0.4, 0.5) is 10.1 Å². The number of nitrogens with one attached hydrogen (secondary N) is 1. The summed E-state index contributed by atoms with van der Waals surface area (Å²) in [4.78, 5) is 11.8. The van der Waals surface area contributed by atoms with Gasteiger partial charge in [-0.3, -0.25) is 4.79 Å².